The van der Waals surface area contributed by atoms with Crippen molar-refractivity contribution < 1.29 is 0 Å². The van der Waals surface area contributed by atoms with Crippen LogP contribution in [0.3, 0.4) is 0 Å². The van der Waals surface area contributed by atoms with E-state index in [1.165, 1.54) is 22.9 Å². The third kappa shape index (κ3) is 2.85. The first-order chi connectivity index (χ1) is 10.2. The number of nitrogens with two attached hydrogens (primary N) is 1. The molecule has 2 aromatic rings. The van der Waals surface area contributed by atoms with Crippen LogP contribution in [0.5, 0.6) is 0 Å². The maximum Gasteiger partial charge on any atom is 0.0483 e. The molecule has 0 aliphatic carbocycles. The summed E-state index contributed by atoms with van der Waals surface area (Å²) in [6, 6.07) is 9.15. The molecule has 1 aromatic heterocycles. The van der Waals surface area contributed by atoms with E-state index in [9.17, 15) is 0 Å². The third-order valence-electron chi connectivity index (χ3n) is 5.01. The van der Waals surface area contributed by atoms with Crippen LogP contribution in [0.15, 0.2) is 30.5 Å². The summed E-state index contributed by atoms with van der Waals surface area (Å²) in [4.78, 5) is 2.58. The second kappa shape index (κ2) is 6.20. The van der Waals surface area contributed by atoms with E-state index in [-0.39, 0.29) is 0 Å². The Balaban J connectivity index is 1.82. The fourth-order valence-electron chi connectivity index (χ4n) is 3.65. The summed E-state index contributed by atoms with van der Waals surface area (Å²) >= 11 is 0. The van der Waals surface area contributed by atoms with Crippen molar-refractivity contribution in [3.05, 3.63) is 36.0 Å². The maximum atomic E-state index is 6.23. The smallest absolute Gasteiger partial charge is 0.0483 e. The predicted octanol–water partition coefficient (Wildman–Crippen LogP) is 3.22. The Morgan fingerprint density at radius 2 is 2.05 bits per heavy atom. The molecule has 2 atom stereocenters. The van der Waals surface area contributed by atoms with Gasteiger partial charge in [0.15, 0.2) is 0 Å². The van der Waals surface area contributed by atoms with Crippen LogP contribution in [0.4, 0.5) is 0 Å². The van der Waals surface area contributed by atoms with Gasteiger partial charge in [-0.3, -0.25) is 4.90 Å². The minimum Gasteiger partial charge on any atom is -0.347 e. The molecular weight excluding hydrogens is 258 g/mol. The van der Waals surface area contributed by atoms with Crippen molar-refractivity contribution in [3.63, 3.8) is 0 Å². The van der Waals surface area contributed by atoms with Gasteiger partial charge in [-0.25, -0.2) is 0 Å². The first-order valence-electron chi connectivity index (χ1n) is 8.27. The number of likely N-dealkylation sites (tertiary alicyclic amines) is 1. The summed E-state index contributed by atoms with van der Waals surface area (Å²) in [6.45, 7) is 8.83. The standard InChI is InChI=1S/C18H27N3/c1-3-14-11-20(10-9-17(14)19)12-15-13-21(4-2)18-8-6-5-7-16(15)18/h5-8,13-14,17H,3-4,9-12,19H2,1-2H3. The molecule has 0 spiro atoms. The molecule has 21 heavy (non-hydrogen) atoms. The number of rotatable bonds is 4. The fraction of sp³-hybridized carbons (Fsp3) is 0.556. The molecule has 1 aliphatic heterocycles. The molecule has 2 unspecified atom stereocenters. The van der Waals surface area contributed by atoms with Crippen LogP contribution in [0, 0.1) is 5.92 Å². The normalized spacial score (nSPS) is 23.8. The zero-order valence-corrected chi connectivity index (χ0v) is 13.3. The van der Waals surface area contributed by atoms with Gasteiger partial charge in [-0.1, -0.05) is 31.5 Å². The van der Waals surface area contributed by atoms with Crippen LogP contribution >= 0.6 is 0 Å². The van der Waals surface area contributed by atoms with Crippen molar-refractivity contribution in [2.45, 2.75) is 45.8 Å². The number of piperidine rings is 1. The summed E-state index contributed by atoms with van der Waals surface area (Å²) in [5.74, 6) is 0.651. The summed E-state index contributed by atoms with van der Waals surface area (Å²) < 4.78 is 2.36. The maximum absolute atomic E-state index is 6.23. The van der Waals surface area contributed by atoms with Crippen LogP contribution in [0.1, 0.15) is 32.3 Å². The van der Waals surface area contributed by atoms with Gasteiger partial charge < -0.3 is 10.3 Å². The van der Waals surface area contributed by atoms with Gasteiger partial charge in [-0.2, -0.15) is 0 Å². The highest BCUT2D eigenvalue weighted by molar-refractivity contribution is 5.83. The minimum absolute atomic E-state index is 0.392. The zero-order chi connectivity index (χ0) is 14.8. The zero-order valence-electron chi connectivity index (χ0n) is 13.3. The molecule has 3 heteroatoms. The highest BCUT2D eigenvalue weighted by Crippen LogP contribution is 2.25. The second-order valence-electron chi connectivity index (χ2n) is 6.31. The van der Waals surface area contributed by atoms with Crippen LogP contribution in [0.25, 0.3) is 10.9 Å². The Morgan fingerprint density at radius 3 is 2.81 bits per heavy atom. The van der Waals surface area contributed by atoms with Gasteiger partial charge in [0.05, 0.1) is 0 Å². The van der Waals surface area contributed by atoms with Gasteiger partial charge in [0.25, 0.3) is 0 Å². The number of aromatic nitrogens is 1. The van der Waals surface area contributed by atoms with Crippen molar-refractivity contribution in [1.29, 1.82) is 0 Å². The van der Waals surface area contributed by atoms with Crippen molar-refractivity contribution in [2.75, 3.05) is 13.1 Å². The van der Waals surface area contributed by atoms with Gasteiger partial charge in [0.1, 0.15) is 0 Å². The molecule has 0 amide bonds. The number of aryl methyl sites for hydroxylation is 1. The van der Waals surface area contributed by atoms with Gasteiger partial charge >= 0.3 is 0 Å². The topological polar surface area (TPSA) is 34.2 Å². The van der Waals surface area contributed by atoms with E-state index in [2.05, 4.69) is 53.8 Å². The van der Waals surface area contributed by atoms with Crippen molar-refractivity contribution in [2.24, 2.45) is 11.7 Å². The Bertz CT molecular complexity index is 602. The molecule has 114 valence electrons. The first kappa shape index (κ1) is 14.6. The van der Waals surface area contributed by atoms with Crippen molar-refractivity contribution >= 4 is 10.9 Å². The van der Waals surface area contributed by atoms with Crippen LogP contribution in [0.2, 0.25) is 0 Å². The number of hydrogen-bond donors (Lipinski definition) is 1. The molecule has 1 fully saturated rings. The Hall–Kier alpha value is -1.32. The van der Waals surface area contributed by atoms with Gasteiger partial charge in [-0.15, -0.1) is 0 Å². The molecule has 1 saturated heterocycles. The molecule has 3 nitrogen and oxygen atoms in total. The first-order valence-corrected chi connectivity index (χ1v) is 8.27. The molecule has 2 heterocycles. The highest BCUT2D eigenvalue weighted by atomic mass is 15.1. The molecule has 3 rings (SSSR count). The largest absolute Gasteiger partial charge is 0.347 e. The lowest BCUT2D eigenvalue weighted by molar-refractivity contribution is 0.146. The summed E-state index contributed by atoms with van der Waals surface area (Å²) in [6.07, 6.45) is 4.65. The van der Waals surface area contributed by atoms with Gasteiger partial charge in [0, 0.05) is 42.8 Å². The summed E-state index contributed by atoms with van der Waals surface area (Å²) in [5, 5.41) is 1.40. The number of hydrogen-bond acceptors (Lipinski definition) is 2. The fourth-order valence-corrected chi connectivity index (χ4v) is 3.65. The van der Waals surface area contributed by atoms with Crippen LogP contribution in [-0.4, -0.2) is 28.6 Å². The van der Waals surface area contributed by atoms with E-state index in [4.69, 9.17) is 5.73 Å². The van der Waals surface area contributed by atoms with E-state index in [1.54, 1.807) is 0 Å². The lowest BCUT2D eigenvalue weighted by Crippen LogP contribution is -2.46. The minimum atomic E-state index is 0.392. The number of para-hydroxylation sites is 1. The quantitative estimate of drug-likeness (QED) is 0.936. The second-order valence-corrected chi connectivity index (χ2v) is 6.31. The predicted molar refractivity (Wildman–Crippen MR) is 89.3 cm³/mol. The summed E-state index contributed by atoms with van der Waals surface area (Å²) in [7, 11) is 0. The average molecular weight is 285 g/mol. The Kier molecular flexibility index (Phi) is 4.32. The lowest BCUT2D eigenvalue weighted by atomic mass is 9.90. The molecular formula is C18H27N3. The molecule has 2 N–H and O–H groups in total. The van der Waals surface area contributed by atoms with Crippen molar-refractivity contribution in [3.8, 4) is 0 Å². The number of nitrogens with zero attached hydrogens (tertiary/aromatic N) is 2. The molecule has 1 aromatic carbocycles. The number of fused-ring (bicyclic) bond motifs is 1. The summed E-state index contributed by atoms with van der Waals surface area (Å²) in [5.41, 5.74) is 9.04. The monoisotopic (exact) mass is 285 g/mol. The van der Waals surface area contributed by atoms with Gasteiger partial charge in [0.2, 0.25) is 0 Å². The average Bonchev–Trinajstić information content (AvgIpc) is 2.87. The van der Waals surface area contributed by atoms with Crippen molar-refractivity contribution in [1.82, 2.24) is 9.47 Å². The number of benzene rings is 1. The van der Waals surface area contributed by atoms with E-state index in [0.717, 1.165) is 32.6 Å². The molecule has 0 bridgehead atoms. The van der Waals surface area contributed by atoms with Crippen LogP contribution < -0.4 is 5.73 Å². The third-order valence-corrected chi connectivity index (χ3v) is 5.01. The SMILES string of the molecule is CCC1CN(Cc2cn(CC)c3ccccc23)CCC1N. The van der Waals surface area contributed by atoms with E-state index >= 15 is 0 Å². The van der Waals surface area contributed by atoms with Crippen LogP contribution in [-0.2, 0) is 13.1 Å². The Labute approximate surface area is 127 Å². The molecule has 0 saturated carbocycles. The molecule has 0 radical (unpaired) electrons. The lowest BCUT2D eigenvalue weighted by Gasteiger charge is -2.36. The van der Waals surface area contributed by atoms with Gasteiger partial charge in [-0.05, 0) is 37.4 Å². The van der Waals surface area contributed by atoms with E-state index < -0.39 is 0 Å². The van der Waals surface area contributed by atoms with E-state index in [0.29, 0.717) is 12.0 Å². The molecule has 1 aliphatic rings. The highest BCUT2D eigenvalue weighted by Gasteiger charge is 2.25. The van der Waals surface area contributed by atoms with E-state index in [1.807, 2.05) is 0 Å². The Morgan fingerprint density at radius 1 is 1.24 bits per heavy atom.